The molecule has 0 heterocycles. The molecule has 0 fully saturated rings. The molecule has 0 aliphatic carbocycles. The maximum absolute atomic E-state index is 13.8. The van der Waals surface area contributed by atoms with Crippen LogP contribution in [0.25, 0.3) is 0 Å². The molecular formula is C27H30ClN3O6S. The van der Waals surface area contributed by atoms with Crippen molar-refractivity contribution in [2.24, 2.45) is 0 Å². The molecule has 0 saturated carbocycles. The van der Waals surface area contributed by atoms with E-state index in [9.17, 15) is 18.0 Å². The van der Waals surface area contributed by atoms with Gasteiger partial charge in [0.2, 0.25) is 11.8 Å². The third-order valence-corrected chi connectivity index (χ3v) is 7.98. The van der Waals surface area contributed by atoms with Crippen LogP contribution in [0.15, 0.2) is 77.7 Å². The molecule has 3 aromatic rings. The smallest absolute Gasteiger partial charge is 0.264 e. The van der Waals surface area contributed by atoms with Crippen molar-refractivity contribution in [1.29, 1.82) is 0 Å². The SMILES string of the molecule is CNC(=O)[C@@H](C)N(Cc1cccc(OC)c1)C(=O)CN(c1ccc(Cl)cc1)S(=O)(=O)c1ccc(OC)cc1. The topological polar surface area (TPSA) is 105 Å². The summed E-state index contributed by atoms with van der Waals surface area (Å²) in [5, 5.41) is 2.96. The number of sulfonamides is 1. The molecule has 1 atom stereocenters. The summed E-state index contributed by atoms with van der Waals surface area (Å²) in [7, 11) is 0.294. The van der Waals surface area contributed by atoms with Gasteiger partial charge in [-0.05, 0) is 73.2 Å². The summed E-state index contributed by atoms with van der Waals surface area (Å²) in [5.41, 5.74) is 0.956. The summed E-state index contributed by atoms with van der Waals surface area (Å²) < 4.78 is 38.9. The van der Waals surface area contributed by atoms with E-state index in [1.807, 2.05) is 0 Å². The van der Waals surface area contributed by atoms with Crippen molar-refractivity contribution in [2.45, 2.75) is 24.4 Å². The van der Waals surface area contributed by atoms with Gasteiger partial charge in [-0.2, -0.15) is 0 Å². The van der Waals surface area contributed by atoms with Gasteiger partial charge in [-0.1, -0.05) is 23.7 Å². The minimum atomic E-state index is -4.19. The lowest BCUT2D eigenvalue weighted by molar-refractivity contribution is -0.139. The summed E-state index contributed by atoms with van der Waals surface area (Å²) in [6.07, 6.45) is 0. The Kier molecular flexibility index (Phi) is 9.60. The lowest BCUT2D eigenvalue weighted by Gasteiger charge is -2.31. The van der Waals surface area contributed by atoms with E-state index in [2.05, 4.69) is 5.32 Å². The number of nitrogens with one attached hydrogen (secondary N) is 1. The fraction of sp³-hybridized carbons (Fsp3) is 0.259. The van der Waals surface area contributed by atoms with Crippen molar-refractivity contribution < 1.29 is 27.5 Å². The predicted molar refractivity (Wildman–Crippen MR) is 146 cm³/mol. The molecule has 38 heavy (non-hydrogen) atoms. The normalized spacial score (nSPS) is 11.8. The third-order valence-electron chi connectivity index (χ3n) is 5.94. The number of anilines is 1. The van der Waals surface area contributed by atoms with E-state index < -0.39 is 34.4 Å². The minimum Gasteiger partial charge on any atom is -0.497 e. The van der Waals surface area contributed by atoms with Gasteiger partial charge in [0, 0.05) is 18.6 Å². The number of rotatable bonds is 11. The summed E-state index contributed by atoms with van der Waals surface area (Å²) in [6.45, 7) is 1.09. The Morgan fingerprint density at radius 3 is 2.16 bits per heavy atom. The number of halogens is 1. The zero-order valence-corrected chi connectivity index (χ0v) is 23.1. The number of amides is 2. The van der Waals surface area contributed by atoms with Crippen LogP contribution in [-0.4, -0.2) is 59.0 Å². The summed E-state index contributed by atoms with van der Waals surface area (Å²) in [6, 6.07) is 18.2. The molecule has 11 heteroatoms. The quantitative estimate of drug-likeness (QED) is 0.384. The molecule has 9 nitrogen and oxygen atoms in total. The van der Waals surface area contributed by atoms with Gasteiger partial charge in [-0.15, -0.1) is 0 Å². The fourth-order valence-corrected chi connectivity index (χ4v) is 5.31. The number of hydrogen-bond acceptors (Lipinski definition) is 6. The van der Waals surface area contributed by atoms with Gasteiger partial charge >= 0.3 is 0 Å². The Hall–Kier alpha value is -3.76. The first kappa shape index (κ1) is 28.8. The Morgan fingerprint density at radius 1 is 0.947 bits per heavy atom. The molecule has 0 spiro atoms. The Bertz CT molecular complexity index is 1360. The third kappa shape index (κ3) is 6.76. The van der Waals surface area contributed by atoms with Crippen LogP contribution < -0.4 is 19.1 Å². The molecule has 0 unspecified atom stereocenters. The van der Waals surface area contributed by atoms with Crippen LogP contribution in [0.4, 0.5) is 5.69 Å². The van der Waals surface area contributed by atoms with E-state index in [0.717, 1.165) is 4.31 Å². The molecule has 0 saturated heterocycles. The van der Waals surface area contributed by atoms with Crippen LogP contribution in [0.2, 0.25) is 5.02 Å². The van der Waals surface area contributed by atoms with Crippen molar-refractivity contribution in [1.82, 2.24) is 10.2 Å². The average Bonchev–Trinajstić information content (AvgIpc) is 2.94. The zero-order valence-electron chi connectivity index (χ0n) is 21.5. The number of ether oxygens (including phenoxy) is 2. The predicted octanol–water partition coefficient (Wildman–Crippen LogP) is 3.72. The van der Waals surface area contributed by atoms with E-state index in [1.54, 1.807) is 43.3 Å². The number of benzene rings is 3. The van der Waals surface area contributed by atoms with Crippen molar-refractivity contribution in [2.75, 3.05) is 32.1 Å². The van der Waals surface area contributed by atoms with E-state index in [1.165, 1.54) is 62.6 Å². The second kappa shape index (κ2) is 12.7. The van der Waals surface area contributed by atoms with Crippen molar-refractivity contribution in [3.8, 4) is 11.5 Å². The van der Waals surface area contributed by atoms with E-state index in [-0.39, 0.29) is 17.1 Å². The molecular weight excluding hydrogens is 530 g/mol. The maximum Gasteiger partial charge on any atom is 0.264 e. The molecule has 0 bridgehead atoms. The van der Waals surface area contributed by atoms with Crippen molar-refractivity contribution >= 4 is 39.1 Å². The van der Waals surface area contributed by atoms with Gasteiger partial charge in [-0.3, -0.25) is 13.9 Å². The second-order valence-corrected chi connectivity index (χ2v) is 10.6. The first-order valence-electron chi connectivity index (χ1n) is 11.7. The first-order chi connectivity index (χ1) is 18.1. The number of carbonyl (C=O) groups is 2. The fourth-order valence-electron chi connectivity index (χ4n) is 3.77. The highest BCUT2D eigenvalue weighted by Gasteiger charge is 2.32. The largest absolute Gasteiger partial charge is 0.497 e. The van der Waals surface area contributed by atoms with Gasteiger partial charge in [-0.25, -0.2) is 8.42 Å². The van der Waals surface area contributed by atoms with Gasteiger partial charge < -0.3 is 19.7 Å². The molecule has 0 radical (unpaired) electrons. The van der Waals surface area contributed by atoms with Gasteiger partial charge in [0.1, 0.15) is 24.1 Å². The lowest BCUT2D eigenvalue weighted by atomic mass is 10.1. The number of methoxy groups -OCH3 is 2. The van der Waals surface area contributed by atoms with Crippen LogP contribution in [-0.2, 0) is 26.2 Å². The van der Waals surface area contributed by atoms with Crippen LogP contribution in [0.1, 0.15) is 12.5 Å². The maximum atomic E-state index is 13.8. The Labute approximate surface area is 228 Å². The second-order valence-electron chi connectivity index (χ2n) is 8.33. The lowest BCUT2D eigenvalue weighted by Crippen LogP contribution is -2.50. The van der Waals surface area contributed by atoms with Crippen LogP contribution in [0.5, 0.6) is 11.5 Å². The standard InChI is InChI=1S/C27H30ClN3O6S/c1-19(27(33)29-2)30(17-20-6-5-7-24(16-20)37-4)26(32)18-31(22-10-8-21(28)9-11-22)38(34,35)25-14-12-23(36-3)13-15-25/h5-16,19H,17-18H2,1-4H3,(H,29,33)/t19-/m1/s1. The molecule has 0 aliphatic rings. The zero-order chi connectivity index (χ0) is 27.9. The van der Waals surface area contributed by atoms with Gasteiger partial charge in [0.25, 0.3) is 10.0 Å². The van der Waals surface area contributed by atoms with Crippen LogP contribution >= 0.6 is 11.6 Å². The molecule has 1 N–H and O–H groups in total. The number of hydrogen-bond donors (Lipinski definition) is 1. The van der Waals surface area contributed by atoms with Crippen LogP contribution in [0.3, 0.4) is 0 Å². The number of carbonyl (C=O) groups excluding carboxylic acids is 2. The van der Waals surface area contributed by atoms with E-state index in [4.69, 9.17) is 21.1 Å². The highest BCUT2D eigenvalue weighted by Crippen LogP contribution is 2.27. The van der Waals surface area contributed by atoms with Crippen LogP contribution in [0, 0.1) is 0 Å². The van der Waals surface area contributed by atoms with E-state index >= 15 is 0 Å². The summed E-state index contributed by atoms with van der Waals surface area (Å²) >= 11 is 6.03. The molecule has 0 aliphatic heterocycles. The Morgan fingerprint density at radius 2 is 1.58 bits per heavy atom. The van der Waals surface area contributed by atoms with Crippen molar-refractivity contribution in [3.05, 3.63) is 83.4 Å². The monoisotopic (exact) mass is 559 g/mol. The molecule has 0 aromatic heterocycles. The summed E-state index contributed by atoms with van der Waals surface area (Å²) in [4.78, 5) is 27.6. The number of likely N-dealkylation sites (N-methyl/N-ethyl adjacent to an activating group) is 1. The molecule has 2 amide bonds. The average molecular weight is 560 g/mol. The first-order valence-corrected chi connectivity index (χ1v) is 13.5. The molecule has 202 valence electrons. The minimum absolute atomic E-state index is 0.0280. The Balaban J connectivity index is 2.02. The molecule has 3 rings (SSSR count). The number of nitrogens with zero attached hydrogens (tertiary/aromatic N) is 2. The molecule has 3 aromatic carbocycles. The summed E-state index contributed by atoms with van der Waals surface area (Å²) in [5.74, 6) is 0.113. The van der Waals surface area contributed by atoms with Gasteiger partial charge in [0.05, 0.1) is 24.8 Å². The van der Waals surface area contributed by atoms with Crippen molar-refractivity contribution in [3.63, 3.8) is 0 Å². The highest BCUT2D eigenvalue weighted by molar-refractivity contribution is 7.92. The van der Waals surface area contributed by atoms with Gasteiger partial charge in [0.15, 0.2) is 0 Å². The highest BCUT2D eigenvalue weighted by atomic mass is 35.5. The van der Waals surface area contributed by atoms with E-state index in [0.29, 0.717) is 22.1 Å².